The summed E-state index contributed by atoms with van der Waals surface area (Å²) in [7, 11) is 1.65. The van der Waals surface area contributed by atoms with Gasteiger partial charge in [0.2, 0.25) is 0 Å². The van der Waals surface area contributed by atoms with Gasteiger partial charge < -0.3 is 5.32 Å². The number of rotatable bonds is 1. The molecule has 24 heavy (non-hydrogen) atoms. The van der Waals surface area contributed by atoms with E-state index in [1.165, 1.54) is 10.7 Å². The lowest BCUT2D eigenvalue weighted by Crippen LogP contribution is -2.18. The minimum atomic E-state index is -4.53. The van der Waals surface area contributed by atoms with Gasteiger partial charge in [-0.05, 0) is 24.3 Å². The van der Waals surface area contributed by atoms with E-state index in [1.54, 1.807) is 25.3 Å². The van der Waals surface area contributed by atoms with Crippen LogP contribution in [0.5, 0.6) is 0 Å². The zero-order valence-electron chi connectivity index (χ0n) is 12.3. The SMILES string of the molecule is Cn1nc2ccc(C(F)(F)F)nc2c1C1C=CC2=NC(=O)NC2=C1. The van der Waals surface area contributed by atoms with E-state index in [1.807, 2.05) is 0 Å². The molecule has 0 saturated carbocycles. The summed E-state index contributed by atoms with van der Waals surface area (Å²) in [6, 6.07) is 1.75. The minimum Gasteiger partial charge on any atom is -0.304 e. The van der Waals surface area contributed by atoms with E-state index < -0.39 is 17.9 Å². The summed E-state index contributed by atoms with van der Waals surface area (Å²) in [5.41, 5.74) is 1.15. The Morgan fingerprint density at radius 2 is 2.08 bits per heavy atom. The number of fused-ring (bicyclic) bond motifs is 2. The predicted molar refractivity (Wildman–Crippen MR) is 79.4 cm³/mol. The van der Waals surface area contributed by atoms with Crippen LogP contribution >= 0.6 is 0 Å². The average molecular weight is 333 g/mol. The highest BCUT2D eigenvalue weighted by Crippen LogP contribution is 2.33. The Morgan fingerprint density at radius 1 is 1.29 bits per heavy atom. The number of nitrogens with one attached hydrogen (secondary N) is 1. The first kappa shape index (κ1) is 14.6. The molecular weight excluding hydrogens is 323 g/mol. The van der Waals surface area contributed by atoms with Gasteiger partial charge in [-0.25, -0.2) is 9.78 Å². The van der Waals surface area contributed by atoms with Crippen molar-refractivity contribution >= 4 is 22.8 Å². The number of urea groups is 1. The molecule has 2 aliphatic rings. The van der Waals surface area contributed by atoms with Crippen molar-refractivity contribution in [3.63, 3.8) is 0 Å². The molecule has 1 aliphatic heterocycles. The molecule has 0 saturated heterocycles. The van der Waals surface area contributed by atoms with Crippen LogP contribution in [-0.4, -0.2) is 26.5 Å². The first-order chi connectivity index (χ1) is 11.3. The zero-order chi connectivity index (χ0) is 17.1. The number of aromatic nitrogens is 3. The fourth-order valence-corrected chi connectivity index (χ4v) is 2.85. The monoisotopic (exact) mass is 333 g/mol. The normalized spacial score (nSPS) is 20.0. The number of halogens is 3. The second kappa shape index (κ2) is 4.76. The van der Waals surface area contributed by atoms with E-state index in [0.717, 1.165) is 6.07 Å². The maximum absolute atomic E-state index is 12.9. The molecule has 0 radical (unpaired) electrons. The molecule has 122 valence electrons. The molecule has 1 unspecified atom stereocenters. The maximum Gasteiger partial charge on any atom is 0.433 e. The quantitative estimate of drug-likeness (QED) is 0.872. The maximum atomic E-state index is 12.9. The average Bonchev–Trinajstić information content (AvgIpc) is 3.02. The van der Waals surface area contributed by atoms with Crippen molar-refractivity contribution in [2.45, 2.75) is 12.1 Å². The molecule has 0 spiro atoms. The number of aryl methyl sites for hydroxylation is 1. The van der Waals surface area contributed by atoms with Crippen molar-refractivity contribution in [1.29, 1.82) is 0 Å². The molecule has 9 heteroatoms. The number of carbonyl (C=O) groups is 1. The lowest BCUT2D eigenvalue weighted by molar-refractivity contribution is -0.140. The van der Waals surface area contributed by atoms with Gasteiger partial charge in [0, 0.05) is 13.0 Å². The highest BCUT2D eigenvalue weighted by molar-refractivity contribution is 6.19. The highest BCUT2D eigenvalue weighted by atomic mass is 19.4. The fraction of sp³-hybridized carbons (Fsp3) is 0.200. The largest absolute Gasteiger partial charge is 0.433 e. The third-order valence-electron chi connectivity index (χ3n) is 3.88. The Balaban J connectivity index is 1.85. The predicted octanol–water partition coefficient (Wildman–Crippen LogP) is 2.69. The highest BCUT2D eigenvalue weighted by Gasteiger charge is 2.34. The van der Waals surface area contributed by atoms with Gasteiger partial charge >= 0.3 is 12.2 Å². The van der Waals surface area contributed by atoms with Crippen LogP contribution < -0.4 is 5.32 Å². The molecule has 4 rings (SSSR count). The van der Waals surface area contributed by atoms with Crippen LogP contribution in [0, 0.1) is 0 Å². The zero-order valence-corrected chi connectivity index (χ0v) is 12.3. The van der Waals surface area contributed by atoms with Crippen LogP contribution in [0.3, 0.4) is 0 Å². The first-order valence-corrected chi connectivity index (χ1v) is 7.04. The second-order valence-corrected chi connectivity index (χ2v) is 5.46. The van der Waals surface area contributed by atoms with Crippen LogP contribution in [0.1, 0.15) is 17.3 Å². The number of amides is 2. The summed E-state index contributed by atoms with van der Waals surface area (Å²) in [5.74, 6) is -0.372. The summed E-state index contributed by atoms with van der Waals surface area (Å²) in [6.07, 6.45) is 0.606. The van der Waals surface area contributed by atoms with Crippen molar-refractivity contribution in [2.24, 2.45) is 12.0 Å². The number of hydrogen-bond donors (Lipinski definition) is 1. The van der Waals surface area contributed by atoms with E-state index in [4.69, 9.17) is 0 Å². The van der Waals surface area contributed by atoms with Crippen molar-refractivity contribution in [3.05, 3.63) is 47.4 Å². The molecule has 1 N–H and O–H groups in total. The minimum absolute atomic E-state index is 0.184. The molecule has 0 fully saturated rings. The van der Waals surface area contributed by atoms with Crippen molar-refractivity contribution < 1.29 is 18.0 Å². The number of carbonyl (C=O) groups excluding carboxylic acids is 1. The van der Waals surface area contributed by atoms with Gasteiger partial charge in [-0.15, -0.1) is 0 Å². The van der Waals surface area contributed by atoms with Crippen LogP contribution in [0.2, 0.25) is 0 Å². The number of hydrogen-bond acceptors (Lipinski definition) is 3. The van der Waals surface area contributed by atoms with Crippen LogP contribution in [0.4, 0.5) is 18.0 Å². The van der Waals surface area contributed by atoms with Crippen LogP contribution in [0.15, 0.2) is 41.1 Å². The van der Waals surface area contributed by atoms with Gasteiger partial charge in [-0.3, -0.25) is 4.68 Å². The van der Waals surface area contributed by atoms with E-state index in [2.05, 4.69) is 20.4 Å². The molecule has 1 aliphatic carbocycles. The smallest absolute Gasteiger partial charge is 0.304 e. The number of alkyl halides is 3. The van der Waals surface area contributed by atoms with Crippen LogP contribution in [0.25, 0.3) is 11.0 Å². The number of nitrogens with zero attached hydrogens (tertiary/aromatic N) is 4. The van der Waals surface area contributed by atoms with Gasteiger partial charge in [-0.1, -0.05) is 6.08 Å². The lowest BCUT2D eigenvalue weighted by atomic mass is 9.96. The third-order valence-corrected chi connectivity index (χ3v) is 3.88. The Hall–Kier alpha value is -2.97. The van der Waals surface area contributed by atoms with E-state index in [9.17, 15) is 18.0 Å². The molecule has 3 heterocycles. The van der Waals surface area contributed by atoms with Gasteiger partial charge in [0.25, 0.3) is 0 Å². The Labute approximate surface area is 133 Å². The number of allylic oxidation sites excluding steroid dienone is 3. The summed E-state index contributed by atoms with van der Waals surface area (Å²) < 4.78 is 40.3. The molecular formula is C15H10F3N5O. The molecule has 2 amide bonds. The number of pyridine rings is 1. The van der Waals surface area contributed by atoms with Crippen molar-refractivity contribution in [2.75, 3.05) is 0 Å². The van der Waals surface area contributed by atoms with E-state index in [0.29, 0.717) is 22.6 Å². The van der Waals surface area contributed by atoms with Gasteiger partial charge in [-0.2, -0.15) is 23.3 Å². The van der Waals surface area contributed by atoms with Gasteiger partial charge in [0.1, 0.15) is 16.7 Å². The molecule has 0 aromatic carbocycles. The molecule has 1 atom stereocenters. The molecule has 6 nitrogen and oxygen atoms in total. The Kier molecular flexibility index (Phi) is 2.90. The molecule has 2 aromatic rings. The lowest BCUT2D eigenvalue weighted by Gasteiger charge is -2.15. The van der Waals surface area contributed by atoms with E-state index >= 15 is 0 Å². The van der Waals surface area contributed by atoms with Gasteiger partial charge in [0.05, 0.1) is 17.1 Å². The second-order valence-electron chi connectivity index (χ2n) is 5.46. The number of aliphatic imine (C=N–C) groups is 1. The summed E-state index contributed by atoms with van der Waals surface area (Å²) in [5, 5.41) is 6.81. The first-order valence-electron chi connectivity index (χ1n) is 7.04. The third kappa shape index (κ3) is 2.20. The topological polar surface area (TPSA) is 72.2 Å². The van der Waals surface area contributed by atoms with Crippen molar-refractivity contribution in [1.82, 2.24) is 20.1 Å². The Morgan fingerprint density at radius 3 is 2.83 bits per heavy atom. The fourth-order valence-electron chi connectivity index (χ4n) is 2.85. The molecule has 2 aromatic heterocycles. The van der Waals surface area contributed by atoms with Crippen molar-refractivity contribution in [3.8, 4) is 0 Å². The summed E-state index contributed by atoms with van der Waals surface area (Å²) >= 11 is 0. The summed E-state index contributed by atoms with van der Waals surface area (Å²) in [6.45, 7) is 0. The Bertz CT molecular complexity index is 967. The van der Waals surface area contributed by atoms with Crippen LogP contribution in [-0.2, 0) is 13.2 Å². The standard InChI is InChI=1S/C15H10F3N5O/c1-23-13(7-2-3-8-10(6-7)20-14(24)19-8)12-9(22-23)4-5-11(21-12)15(16,17)18/h2-7H,1H3,(H,20,24). The van der Waals surface area contributed by atoms with Gasteiger partial charge in [0.15, 0.2) is 0 Å². The van der Waals surface area contributed by atoms with E-state index in [-0.39, 0.29) is 11.4 Å². The molecule has 0 bridgehead atoms. The summed E-state index contributed by atoms with van der Waals surface area (Å²) in [4.78, 5) is 18.8.